The van der Waals surface area contributed by atoms with Crippen LogP contribution in [0.25, 0.3) is 0 Å². The van der Waals surface area contributed by atoms with Gasteiger partial charge in [0, 0.05) is 70.0 Å². The lowest BCUT2D eigenvalue weighted by Crippen LogP contribution is -2.48. The van der Waals surface area contributed by atoms with Crippen LogP contribution in [-0.2, 0) is 16.6 Å². The van der Waals surface area contributed by atoms with Gasteiger partial charge < -0.3 is 20.0 Å². The number of likely N-dealkylation sites (tertiary alicyclic amines) is 2. The van der Waals surface area contributed by atoms with Gasteiger partial charge >= 0.3 is 0 Å². The van der Waals surface area contributed by atoms with E-state index in [9.17, 15) is 23.6 Å². The number of rotatable bonds is 6. The number of carbonyl (C=O) groups is 3. The molecule has 0 radical (unpaired) electrons. The number of amides is 3. The molecule has 1 spiro atoms. The van der Waals surface area contributed by atoms with Crippen LogP contribution in [0.15, 0.2) is 51.7 Å². The number of aryl methyl sites for hydroxylation is 2. The molecule has 1 unspecified atom stereocenters. The standard InChI is InChI=1S/C39H47BrFN7O4/c1-24-20-29(8-9-30(24)31-10-11-32(49)43-36(31)50)47-16-12-39(13-17-47)14-18-48(19-15-39)37(51)26-6-4-25(5-7-26)27-21-28(23-45(2)22-27)42-34-33(40)38(52)46(3)44-35(34)41/h4-9,20,27-28,31,42H,10-19,21-23H2,1-3H3,(H,43,49,50)/t27-,28+,31?/m0/s1. The maximum absolute atomic E-state index is 14.7. The third kappa shape index (κ3) is 7.39. The van der Waals surface area contributed by atoms with Gasteiger partial charge in [0.15, 0.2) is 0 Å². The summed E-state index contributed by atoms with van der Waals surface area (Å²) in [5.41, 5.74) is 5.01. The van der Waals surface area contributed by atoms with Crippen molar-refractivity contribution in [1.82, 2.24) is 24.9 Å². The van der Waals surface area contributed by atoms with E-state index in [1.165, 1.54) is 12.7 Å². The number of halogens is 2. The lowest BCUT2D eigenvalue weighted by molar-refractivity contribution is -0.134. The van der Waals surface area contributed by atoms with E-state index in [4.69, 9.17) is 0 Å². The molecule has 2 N–H and O–H groups in total. The van der Waals surface area contributed by atoms with Crippen molar-refractivity contribution >= 4 is 45.0 Å². The molecule has 0 bridgehead atoms. The monoisotopic (exact) mass is 775 g/mol. The number of anilines is 2. The molecule has 4 aliphatic heterocycles. The maximum atomic E-state index is 14.7. The number of imide groups is 1. The van der Waals surface area contributed by atoms with Crippen molar-refractivity contribution in [2.75, 3.05) is 56.5 Å². The van der Waals surface area contributed by atoms with Crippen molar-refractivity contribution in [3.05, 3.63) is 85.5 Å². The first-order valence-corrected chi connectivity index (χ1v) is 19.1. The number of benzene rings is 2. The molecule has 52 heavy (non-hydrogen) atoms. The second-order valence-electron chi connectivity index (χ2n) is 15.3. The van der Waals surface area contributed by atoms with E-state index in [0.29, 0.717) is 24.9 Å². The molecule has 0 saturated carbocycles. The Morgan fingerprint density at radius 3 is 2.35 bits per heavy atom. The molecule has 4 fully saturated rings. The van der Waals surface area contributed by atoms with Crippen molar-refractivity contribution in [2.24, 2.45) is 12.5 Å². The minimum Gasteiger partial charge on any atom is -0.376 e. The van der Waals surface area contributed by atoms with E-state index >= 15 is 0 Å². The van der Waals surface area contributed by atoms with E-state index in [-0.39, 0.29) is 51.2 Å². The lowest BCUT2D eigenvalue weighted by atomic mass is 9.71. The first kappa shape index (κ1) is 36.3. The summed E-state index contributed by atoms with van der Waals surface area (Å²) >= 11 is 3.24. The average Bonchev–Trinajstić information content (AvgIpc) is 3.13. The van der Waals surface area contributed by atoms with Crippen LogP contribution in [0.5, 0.6) is 0 Å². The van der Waals surface area contributed by atoms with Crippen LogP contribution < -0.4 is 21.1 Å². The molecule has 3 aromatic rings. The van der Waals surface area contributed by atoms with Gasteiger partial charge in [-0.3, -0.25) is 24.5 Å². The molecule has 4 saturated heterocycles. The number of piperidine rings is 4. The van der Waals surface area contributed by atoms with Gasteiger partial charge in [0.1, 0.15) is 10.2 Å². The fourth-order valence-corrected chi connectivity index (χ4v) is 9.34. The lowest BCUT2D eigenvalue weighted by Gasteiger charge is -2.47. The summed E-state index contributed by atoms with van der Waals surface area (Å²) < 4.78 is 15.8. The quantitative estimate of drug-likeness (QED) is 0.339. The average molecular weight is 777 g/mol. The van der Waals surface area contributed by atoms with Crippen molar-refractivity contribution < 1.29 is 18.8 Å². The zero-order chi connectivity index (χ0) is 36.7. The number of nitrogens with zero attached hydrogens (tertiary/aromatic N) is 5. The molecule has 4 aliphatic rings. The highest BCUT2D eigenvalue weighted by atomic mass is 79.9. The number of aromatic nitrogens is 2. The van der Waals surface area contributed by atoms with Crippen LogP contribution in [-0.4, -0.2) is 89.7 Å². The molecule has 276 valence electrons. The zero-order valence-corrected chi connectivity index (χ0v) is 31.7. The SMILES string of the molecule is Cc1cc(N2CCC3(CCN(C(=O)c4ccc([C@H]5C[C@@H](Nc6c(F)nn(C)c(=O)c6Br)CN(C)C5)cc4)CC3)CC2)ccc1C1CCC(=O)NC1=O. The fourth-order valence-electron chi connectivity index (χ4n) is 8.80. The third-order valence-corrected chi connectivity index (χ3v) is 12.7. The van der Waals surface area contributed by atoms with Crippen molar-refractivity contribution in [1.29, 1.82) is 0 Å². The van der Waals surface area contributed by atoms with E-state index in [2.05, 4.69) is 66.6 Å². The van der Waals surface area contributed by atoms with Crippen molar-refractivity contribution in [2.45, 2.75) is 69.7 Å². The second kappa shape index (κ2) is 14.7. The molecule has 13 heteroatoms. The molecule has 11 nitrogen and oxygen atoms in total. The summed E-state index contributed by atoms with van der Waals surface area (Å²) in [6.07, 6.45) is 5.86. The first-order valence-electron chi connectivity index (χ1n) is 18.4. The van der Waals surface area contributed by atoms with Gasteiger partial charge in [0.2, 0.25) is 11.8 Å². The number of likely N-dealkylation sites (N-methyl/N-ethyl adjacent to an activating group) is 1. The highest BCUT2D eigenvalue weighted by Crippen LogP contribution is 2.43. The summed E-state index contributed by atoms with van der Waals surface area (Å²) in [5, 5.41) is 9.39. The highest BCUT2D eigenvalue weighted by molar-refractivity contribution is 9.10. The molecular formula is C39H47BrFN7O4. The first-order chi connectivity index (χ1) is 24.9. The van der Waals surface area contributed by atoms with Crippen LogP contribution in [0.4, 0.5) is 15.8 Å². The molecule has 3 atom stereocenters. The Morgan fingerprint density at radius 1 is 0.981 bits per heavy atom. The summed E-state index contributed by atoms with van der Waals surface area (Å²) in [4.78, 5) is 56.6. The van der Waals surface area contributed by atoms with Gasteiger partial charge in [0.05, 0.1) is 5.92 Å². The van der Waals surface area contributed by atoms with Crippen LogP contribution >= 0.6 is 15.9 Å². The fraction of sp³-hybridized carbons (Fsp3) is 0.513. The van der Waals surface area contributed by atoms with Crippen LogP contribution in [0.3, 0.4) is 0 Å². The molecule has 0 aliphatic carbocycles. The Morgan fingerprint density at radius 2 is 1.67 bits per heavy atom. The molecule has 5 heterocycles. The van der Waals surface area contributed by atoms with Gasteiger partial charge in [-0.15, -0.1) is 5.10 Å². The highest BCUT2D eigenvalue weighted by Gasteiger charge is 2.39. The minimum absolute atomic E-state index is 0.0733. The topological polar surface area (TPSA) is 120 Å². The van der Waals surface area contributed by atoms with Gasteiger partial charge in [-0.05, 0) is 121 Å². The van der Waals surface area contributed by atoms with Gasteiger partial charge in [0.25, 0.3) is 17.4 Å². The smallest absolute Gasteiger partial charge is 0.283 e. The van der Waals surface area contributed by atoms with E-state index < -0.39 is 11.5 Å². The molecular weight excluding hydrogens is 729 g/mol. The van der Waals surface area contributed by atoms with Gasteiger partial charge in [-0.2, -0.15) is 4.39 Å². The number of hydrogen-bond acceptors (Lipinski definition) is 8. The van der Waals surface area contributed by atoms with Crippen LogP contribution in [0, 0.1) is 18.3 Å². The zero-order valence-electron chi connectivity index (χ0n) is 30.1. The third-order valence-electron chi connectivity index (χ3n) is 11.9. The summed E-state index contributed by atoms with van der Waals surface area (Å²) in [6.45, 7) is 7.02. The normalized spacial score (nSPS) is 23.8. The summed E-state index contributed by atoms with van der Waals surface area (Å²) in [7, 11) is 3.45. The number of hydrogen-bond donors (Lipinski definition) is 2. The second-order valence-corrected chi connectivity index (χ2v) is 16.1. The largest absolute Gasteiger partial charge is 0.376 e. The predicted octanol–water partition coefficient (Wildman–Crippen LogP) is 4.93. The van der Waals surface area contributed by atoms with Crippen LogP contribution in [0.2, 0.25) is 0 Å². The number of carbonyl (C=O) groups excluding carboxylic acids is 3. The molecule has 3 amide bonds. The molecule has 2 aromatic carbocycles. The van der Waals surface area contributed by atoms with Crippen LogP contribution in [0.1, 0.15) is 83.8 Å². The Balaban J connectivity index is 0.916. The van der Waals surface area contributed by atoms with Crippen molar-refractivity contribution in [3.8, 4) is 0 Å². The number of nitrogens with one attached hydrogen (secondary N) is 2. The Bertz CT molecular complexity index is 1920. The maximum Gasteiger partial charge on any atom is 0.283 e. The van der Waals surface area contributed by atoms with Gasteiger partial charge in [-0.25, -0.2) is 4.68 Å². The predicted molar refractivity (Wildman–Crippen MR) is 201 cm³/mol. The Kier molecular flexibility index (Phi) is 10.3. The van der Waals surface area contributed by atoms with Crippen molar-refractivity contribution in [3.63, 3.8) is 0 Å². The summed E-state index contributed by atoms with van der Waals surface area (Å²) in [6, 6.07) is 14.2. The summed E-state index contributed by atoms with van der Waals surface area (Å²) in [5.74, 6) is -1.14. The van der Waals surface area contributed by atoms with E-state index in [0.717, 1.165) is 86.2 Å². The molecule has 7 rings (SSSR count). The minimum atomic E-state index is -0.721. The van der Waals surface area contributed by atoms with E-state index in [1.54, 1.807) is 0 Å². The Hall–Kier alpha value is -4.10. The van der Waals surface area contributed by atoms with E-state index in [1.807, 2.05) is 36.2 Å². The van der Waals surface area contributed by atoms with Gasteiger partial charge in [-0.1, -0.05) is 18.2 Å². The molecule has 1 aromatic heterocycles. The Labute approximate surface area is 312 Å².